The summed E-state index contributed by atoms with van der Waals surface area (Å²) in [6, 6.07) is 5.83. The van der Waals surface area contributed by atoms with Gasteiger partial charge in [-0.25, -0.2) is 4.79 Å². The molecule has 41 heavy (non-hydrogen) atoms. The molecular formula is C31H35N3O6S. The summed E-state index contributed by atoms with van der Waals surface area (Å²) in [4.78, 5) is 30.1. The molecule has 1 unspecified atom stereocenters. The van der Waals surface area contributed by atoms with Gasteiger partial charge in [-0.15, -0.1) is 11.3 Å². The van der Waals surface area contributed by atoms with Gasteiger partial charge in [0, 0.05) is 22.6 Å². The normalized spacial score (nSPS) is 18.8. The van der Waals surface area contributed by atoms with Crippen molar-refractivity contribution in [3.05, 3.63) is 56.4 Å². The number of nitriles is 1. The molecule has 2 heterocycles. The van der Waals surface area contributed by atoms with Crippen LogP contribution in [-0.2, 0) is 22.4 Å². The summed E-state index contributed by atoms with van der Waals surface area (Å²) in [7, 11) is 4.56. The SMILES string of the molecule is CCOC(=O)c1c(N2C(N)=C(C#N)C(c3cc(OC)c(OC)c(OC)c3)C3=C2CCCC3=O)sc2c1CCCCC2. The second-order valence-corrected chi connectivity index (χ2v) is 11.3. The van der Waals surface area contributed by atoms with Crippen molar-refractivity contribution in [2.45, 2.75) is 64.2 Å². The third-order valence-electron chi connectivity index (χ3n) is 8.02. The molecule has 0 radical (unpaired) electrons. The van der Waals surface area contributed by atoms with E-state index in [0.29, 0.717) is 58.2 Å². The Morgan fingerprint density at radius 3 is 2.39 bits per heavy atom. The smallest absolute Gasteiger partial charge is 0.341 e. The minimum absolute atomic E-state index is 0.0499. The van der Waals surface area contributed by atoms with Crippen LogP contribution in [0.5, 0.6) is 17.2 Å². The number of esters is 1. The molecule has 5 rings (SSSR count). The zero-order valence-corrected chi connectivity index (χ0v) is 24.7. The highest BCUT2D eigenvalue weighted by Gasteiger charge is 2.43. The number of aryl methyl sites for hydroxylation is 1. The molecule has 0 amide bonds. The number of fused-ring (bicyclic) bond motifs is 1. The minimum atomic E-state index is -0.725. The molecule has 2 aromatic rings. The second kappa shape index (κ2) is 11.9. The molecule has 9 nitrogen and oxygen atoms in total. The Morgan fingerprint density at radius 2 is 1.76 bits per heavy atom. The lowest BCUT2D eigenvalue weighted by atomic mass is 9.75. The number of ketones is 1. The van der Waals surface area contributed by atoms with E-state index in [2.05, 4.69) is 6.07 Å². The van der Waals surface area contributed by atoms with E-state index in [1.54, 1.807) is 24.0 Å². The van der Waals surface area contributed by atoms with E-state index in [1.165, 1.54) is 32.7 Å². The van der Waals surface area contributed by atoms with E-state index < -0.39 is 11.9 Å². The molecule has 2 N–H and O–H groups in total. The first-order valence-electron chi connectivity index (χ1n) is 14.0. The third-order valence-corrected chi connectivity index (χ3v) is 9.30. The van der Waals surface area contributed by atoms with Gasteiger partial charge in [0.25, 0.3) is 0 Å². The topological polar surface area (TPSA) is 124 Å². The Bertz CT molecular complexity index is 1470. The van der Waals surface area contributed by atoms with Crippen LogP contribution < -0.4 is 24.8 Å². The van der Waals surface area contributed by atoms with Crippen LogP contribution in [0.3, 0.4) is 0 Å². The average Bonchev–Trinajstić information content (AvgIpc) is 3.17. The standard InChI is InChI=1S/C31H35N3O6S/c1-5-40-31(36)26-18-10-7-6-8-13-24(18)41-30(26)34-20-11-9-12-21(35)27(20)25(19(16-32)29(34)33)17-14-22(37-2)28(39-4)23(15-17)38-3/h14-15,25H,5-13,33H2,1-4H3. The first kappa shape index (κ1) is 28.6. The van der Waals surface area contributed by atoms with Gasteiger partial charge in [0.15, 0.2) is 17.3 Å². The molecule has 2 aliphatic carbocycles. The lowest BCUT2D eigenvalue weighted by Crippen LogP contribution is -2.39. The molecule has 0 spiro atoms. The quantitative estimate of drug-likeness (QED) is 0.334. The second-order valence-electron chi connectivity index (χ2n) is 10.2. The number of hydrogen-bond acceptors (Lipinski definition) is 10. The fourth-order valence-corrected chi connectivity index (χ4v) is 7.63. The van der Waals surface area contributed by atoms with Crippen molar-refractivity contribution in [1.29, 1.82) is 5.26 Å². The number of carbonyl (C=O) groups excluding carboxylic acids is 2. The number of anilines is 1. The number of rotatable bonds is 7. The van der Waals surface area contributed by atoms with Gasteiger partial charge in [-0.3, -0.25) is 9.69 Å². The van der Waals surface area contributed by atoms with E-state index in [0.717, 1.165) is 48.2 Å². The van der Waals surface area contributed by atoms with E-state index in [4.69, 9.17) is 24.7 Å². The summed E-state index contributed by atoms with van der Waals surface area (Å²) in [6.45, 7) is 2.03. The molecule has 1 aromatic heterocycles. The highest BCUT2D eigenvalue weighted by molar-refractivity contribution is 7.16. The van der Waals surface area contributed by atoms with Gasteiger partial charge in [-0.1, -0.05) is 6.42 Å². The predicted molar refractivity (Wildman–Crippen MR) is 156 cm³/mol. The summed E-state index contributed by atoms with van der Waals surface area (Å²) in [5, 5.41) is 11.2. The summed E-state index contributed by atoms with van der Waals surface area (Å²) < 4.78 is 22.2. The van der Waals surface area contributed by atoms with Crippen molar-refractivity contribution in [2.24, 2.45) is 5.73 Å². The predicted octanol–water partition coefficient (Wildman–Crippen LogP) is 5.52. The number of allylic oxidation sites excluding steroid dienone is 3. The molecule has 0 bridgehead atoms. The van der Waals surface area contributed by atoms with Crippen LogP contribution in [0, 0.1) is 11.3 Å². The number of thiophene rings is 1. The molecule has 1 aromatic carbocycles. The van der Waals surface area contributed by atoms with E-state index in [-0.39, 0.29) is 23.8 Å². The Morgan fingerprint density at radius 1 is 1.05 bits per heavy atom. The molecular weight excluding hydrogens is 542 g/mol. The highest BCUT2D eigenvalue weighted by atomic mass is 32.1. The average molecular weight is 578 g/mol. The Kier molecular flexibility index (Phi) is 8.27. The number of Topliss-reactive ketones (excluding diaryl/α,β-unsaturated/α-hetero) is 1. The zero-order chi connectivity index (χ0) is 29.3. The van der Waals surface area contributed by atoms with Crippen molar-refractivity contribution >= 4 is 28.1 Å². The number of hydrogen-bond donors (Lipinski definition) is 1. The minimum Gasteiger partial charge on any atom is -0.493 e. The maximum absolute atomic E-state index is 13.7. The third kappa shape index (κ3) is 4.82. The van der Waals surface area contributed by atoms with Gasteiger partial charge in [0.1, 0.15) is 10.8 Å². The maximum Gasteiger partial charge on any atom is 0.341 e. The van der Waals surface area contributed by atoms with Crippen LogP contribution in [0.25, 0.3) is 0 Å². The molecule has 10 heteroatoms. The van der Waals surface area contributed by atoms with Crippen molar-refractivity contribution in [3.8, 4) is 23.3 Å². The summed E-state index contributed by atoms with van der Waals surface area (Å²) in [5.41, 5.74) is 10.5. The van der Waals surface area contributed by atoms with E-state index in [9.17, 15) is 14.9 Å². The summed E-state index contributed by atoms with van der Waals surface area (Å²) in [6.07, 6.45) is 6.35. The molecule has 1 aliphatic heterocycles. The lowest BCUT2D eigenvalue weighted by Gasteiger charge is -2.39. The van der Waals surface area contributed by atoms with E-state index in [1.807, 2.05) is 0 Å². The Balaban J connectivity index is 1.77. The van der Waals surface area contributed by atoms with Crippen molar-refractivity contribution in [3.63, 3.8) is 0 Å². The maximum atomic E-state index is 13.7. The molecule has 216 valence electrons. The molecule has 0 fully saturated rings. The summed E-state index contributed by atoms with van der Waals surface area (Å²) in [5.74, 6) is 0.276. The van der Waals surface area contributed by atoms with Gasteiger partial charge >= 0.3 is 5.97 Å². The first-order chi connectivity index (χ1) is 19.9. The number of ether oxygens (including phenoxy) is 4. The largest absolute Gasteiger partial charge is 0.493 e. The van der Waals surface area contributed by atoms with Crippen molar-refractivity contribution in [1.82, 2.24) is 0 Å². The van der Waals surface area contributed by atoms with Gasteiger partial charge < -0.3 is 24.7 Å². The van der Waals surface area contributed by atoms with Crippen LogP contribution in [0.2, 0.25) is 0 Å². The van der Waals surface area contributed by atoms with Crippen LogP contribution in [0.4, 0.5) is 5.00 Å². The van der Waals surface area contributed by atoms with Crippen molar-refractivity contribution < 1.29 is 28.5 Å². The Hall–Kier alpha value is -3.97. The number of nitrogens with two attached hydrogens (primary N) is 1. The van der Waals surface area contributed by atoms with Gasteiger partial charge in [-0.05, 0) is 68.7 Å². The number of nitrogens with zero attached hydrogens (tertiary/aromatic N) is 2. The molecule has 3 aliphatic rings. The van der Waals surface area contributed by atoms with Gasteiger partial charge in [0.05, 0.1) is 51.1 Å². The monoisotopic (exact) mass is 577 g/mol. The van der Waals surface area contributed by atoms with E-state index >= 15 is 0 Å². The van der Waals surface area contributed by atoms with Gasteiger partial charge in [-0.2, -0.15) is 5.26 Å². The number of benzene rings is 1. The Labute approximate surface area is 244 Å². The van der Waals surface area contributed by atoms with Crippen LogP contribution in [0.1, 0.15) is 77.7 Å². The molecule has 0 saturated carbocycles. The number of methoxy groups -OCH3 is 3. The van der Waals surface area contributed by atoms with Crippen LogP contribution in [0.15, 0.2) is 34.8 Å². The molecule has 1 atom stereocenters. The number of carbonyl (C=O) groups is 2. The first-order valence-corrected chi connectivity index (χ1v) is 14.8. The van der Waals surface area contributed by atoms with Crippen LogP contribution >= 0.6 is 11.3 Å². The van der Waals surface area contributed by atoms with Gasteiger partial charge in [0.2, 0.25) is 5.75 Å². The highest BCUT2D eigenvalue weighted by Crippen LogP contribution is 2.52. The summed E-state index contributed by atoms with van der Waals surface area (Å²) >= 11 is 1.52. The lowest BCUT2D eigenvalue weighted by molar-refractivity contribution is -0.116. The van der Waals surface area contributed by atoms with Crippen molar-refractivity contribution in [2.75, 3.05) is 32.8 Å². The van der Waals surface area contributed by atoms with Crippen LogP contribution in [-0.4, -0.2) is 39.7 Å². The molecule has 0 saturated heterocycles. The fourth-order valence-electron chi connectivity index (χ4n) is 6.22. The zero-order valence-electron chi connectivity index (χ0n) is 23.9. The fraction of sp³-hybridized carbons (Fsp3) is 0.452.